The second kappa shape index (κ2) is 12.5. The Balaban J connectivity index is 1.65. The molecule has 2 N–H and O–H groups in total. The summed E-state index contributed by atoms with van der Waals surface area (Å²) in [6.45, 7) is 9.72. The second-order valence-corrected chi connectivity index (χ2v) is 13.0. The minimum atomic E-state index is -0.983. The van der Waals surface area contributed by atoms with Crippen LogP contribution in [0.15, 0.2) is 47.5 Å². The van der Waals surface area contributed by atoms with E-state index in [-0.39, 0.29) is 27.3 Å². The van der Waals surface area contributed by atoms with Gasteiger partial charge in [-0.3, -0.25) is 0 Å². The van der Waals surface area contributed by atoms with Gasteiger partial charge in [-0.2, -0.15) is 0 Å². The number of hydrogen-bond donors (Lipinski definition) is 2. The Labute approximate surface area is 208 Å². The maximum atomic E-state index is 12.3. The number of anilines is 1. The summed E-state index contributed by atoms with van der Waals surface area (Å²) in [6, 6.07) is 11.6. The number of rotatable bonds is 12. The molecular formula is C25H34AsN2O4S. The minimum absolute atomic E-state index is 0.0918. The number of aromatic nitrogens is 1. The summed E-state index contributed by atoms with van der Waals surface area (Å²) in [4.78, 5) is 28.4. The van der Waals surface area contributed by atoms with E-state index in [0.717, 1.165) is 22.9 Å². The van der Waals surface area contributed by atoms with Gasteiger partial charge >= 0.3 is 181 Å². The van der Waals surface area contributed by atoms with Crippen LogP contribution in [0.2, 0.25) is 10.4 Å². The Kier molecular flexibility index (Phi) is 10.3. The number of aryl methyl sites for hydroxylation is 1. The molecule has 0 unspecified atom stereocenters. The molecule has 1 aromatic heterocycles. The van der Waals surface area contributed by atoms with E-state index in [4.69, 9.17) is 9.84 Å². The van der Waals surface area contributed by atoms with E-state index in [1.165, 1.54) is 41.4 Å². The molecule has 6 nitrogen and oxygen atoms in total. The van der Waals surface area contributed by atoms with Gasteiger partial charge in [0.1, 0.15) is 0 Å². The molecule has 8 heteroatoms. The molecule has 0 aliphatic heterocycles. The standard InChI is InChI=1S/C25H34AsN2O4S/c1-24(2,3)32-23(31)25(4,5)17-26-15-7-6-8-18-9-12-20(13-10-18)33-28-21-14-11-19(16-27-21)22(29)30/h9-14,16H,6-8,15,17H2,1-5H3,(H,27,28)(H,29,30). The molecule has 0 amide bonds. The molecule has 0 spiro atoms. The average Bonchev–Trinajstić information content (AvgIpc) is 2.74. The molecule has 0 aliphatic rings. The number of benzene rings is 1. The first-order chi connectivity index (χ1) is 15.5. The first kappa shape index (κ1) is 27.3. The fourth-order valence-corrected chi connectivity index (χ4v) is 6.14. The van der Waals surface area contributed by atoms with E-state index in [2.05, 4.69) is 34.0 Å². The van der Waals surface area contributed by atoms with Crippen molar-refractivity contribution in [3.63, 3.8) is 0 Å². The van der Waals surface area contributed by atoms with Crippen molar-refractivity contribution in [2.45, 2.75) is 74.8 Å². The number of nitrogens with zero attached hydrogens (tertiary/aromatic N) is 1. The number of pyridine rings is 1. The second-order valence-electron chi connectivity index (χ2n) is 9.53. The average molecular weight is 534 g/mol. The van der Waals surface area contributed by atoms with Crippen LogP contribution in [-0.4, -0.2) is 43.4 Å². The van der Waals surface area contributed by atoms with Crippen LogP contribution in [0, 0.1) is 5.41 Å². The number of nitrogens with one attached hydrogen (secondary N) is 1. The fraction of sp³-hybridized carbons (Fsp3) is 0.480. The number of esters is 1. The topological polar surface area (TPSA) is 88.5 Å². The van der Waals surface area contributed by atoms with Crippen molar-refractivity contribution in [2.75, 3.05) is 4.72 Å². The van der Waals surface area contributed by atoms with Gasteiger partial charge in [-0.1, -0.05) is 0 Å². The Hall–Kier alpha value is -1.98. The van der Waals surface area contributed by atoms with Crippen molar-refractivity contribution in [2.24, 2.45) is 5.41 Å². The SMILES string of the molecule is CC(C)(C)OC(=O)C(C)(C)C[As]CCCCc1ccc(SNc2ccc(C(=O)O)cn2)cc1. The predicted octanol–water partition coefficient (Wildman–Crippen LogP) is 6.13. The van der Waals surface area contributed by atoms with Crippen molar-refractivity contribution in [1.29, 1.82) is 0 Å². The summed E-state index contributed by atoms with van der Waals surface area (Å²) >= 11 is 1.58. The fourth-order valence-electron chi connectivity index (χ4n) is 2.81. The van der Waals surface area contributed by atoms with Crippen molar-refractivity contribution >= 4 is 45.5 Å². The first-order valence-electron chi connectivity index (χ1n) is 11.0. The number of ether oxygens (including phenoxy) is 1. The van der Waals surface area contributed by atoms with Crippen LogP contribution in [0.5, 0.6) is 0 Å². The Bertz CT molecular complexity index is 909. The van der Waals surface area contributed by atoms with Crippen LogP contribution in [0.4, 0.5) is 5.82 Å². The van der Waals surface area contributed by atoms with Gasteiger partial charge < -0.3 is 5.11 Å². The van der Waals surface area contributed by atoms with Gasteiger partial charge in [-0.05, 0) is 6.07 Å². The summed E-state index contributed by atoms with van der Waals surface area (Å²) in [6.07, 6.45) is 4.72. The van der Waals surface area contributed by atoms with Gasteiger partial charge in [-0.15, -0.1) is 0 Å². The van der Waals surface area contributed by atoms with Crippen LogP contribution >= 0.6 is 11.9 Å². The summed E-state index contributed by atoms with van der Waals surface area (Å²) in [5, 5.41) is 11.1. The van der Waals surface area contributed by atoms with E-state index in [9.17, 15) is 9.59 Å². The molecule has 2 rings (SSSR count). The number of carbonyl (C=O) groups is 2. The zero-order valence-corrected chi connectivity index (χ0v) is 22.7. The molecule has 0 fully saturated rings. The molecule has 33 heavy (non-hydrogen) atoms. The number of carbonyl (C=O) groups excluding carboxylic acids is 1. The third-order valence-corrected chi connectivity index (χ3v) is 8.97. The van der Waals surface area contributed by atoms with Gasteiger partial charge in [0, 0.05) is 6.20 Å². The van der Waals surface area contributed by atoms with Crippen molar-refractivity contribution in [1.82, 2.24) is 4.98 Å². The van der Waals surface area contributed by atoms with Gasteiger partial charge in [0.2, 0.25) is 0 Å². The van der Waals surface area contributed by atoms with E-state index in [0.29, 0.717) is 5.82 Å². The molecule has 1 heterocycles. The molecule has 0 saturated heterocycles. The Morgan fingerprint density at radius 3 is 2.33 bits per heavy atom. The van der Waals surface area contributed by atoms with Crippen molar-refractivity contribution in [3.8, 4) is 0 Å². The Morgan fingerprint density at radius 1 is 1.06 bits per heavy atom. The molecule has 179 valence electrons. The first-order valence-corrected chi connectivity index (χ1v) is 14.5. The zero-order chi connectivity index (χ0) is 24.5. The molecule has 0 aliphatic carbocycles. The quantitative estimate of drug-likeness (QED) is 0.147. The molecule has 1 aromatic carbocycles. The van der Waals surface area contributed by atoms with Gasteiger partial charge in [0.15, 0.2) is 0 Å². The number of aromatic carboxylic acids is 1. The number of hydrogen-bond acceptors (Lipinski definition) is 6. The third kappa shape index (κ3) is 10.2. The van der Waals surface area contributed by atoms with E-state index < -0.39 is 17.0 Å². The van der Waals surface area contributed by atoms with Gasteiger partial charge in [0.25, 0.3) is 0 Å². The van der Waals surface area contributed by atoms with Crippen LogP contribution < -0.4 is 4.72 Å². The molecule has 0 atom stereocenters. The molecule has 0 bridgehead atoms. The van der Waals surface area contributed by atoms with E-state index in [1.54, 1.807) is 6.07 Å². The maximum absolute atomic E-state index is 12.3. The van der Waals surface area contributed by atoms with Crippen LogP contribution in [0.1, 0.15) is 63.4 Å². The van der Waals surface area contributed by atoms with E-state index in [1.807, 2.05) is 34.6 Å². The summed E-state index contributed by atoms with van der Waals surface area (Å²) in [7, 11) is 0. The third-order valence-electron chi connectivity index (χ3n) is 4.70. The number of carboxylic acid groups (broad SMARTS) is 1. The monoisotopic (exact) mass is 533 g/mol. The summed E-state index contributed by atoms with van der Waals surface area (Å²) in [5.74, 6) is -0.457. The van der Waals surface area contributed by atoms with Gasteiger partial charge in [0.05, 0.1) is 5.56 Å². The molecule has 1 radical (unpaired) electrons. The molecule has 0 saturated carbocycles. The Morgan fingerprint density at radius 2 is 1.76 bits per heavy atom. The predicted molar refractivity (Wildman–Crippen MR) is 135 cm³/mol. The van der Waals surface area contributed by atoms with Crippen LogP contribution in [-0.2, 0) is 16.0 Å². The van der Waals surface area contributed by atoms with Crippen molar-refractivity contribution < 1.29 is 19.4 Å². The van der Waals surface area contributed by atoms with Crippen LogP contribution in [0.25, 0.3) is 0 Å². The van der Waals surface area contributed by atoms with Crippen molar-refractivity contribution in [3.05, 3.63) is 53.7 Å². The van der Waals surface area contributed by atoms with Crippen LogP contribution in [0.3, 0.4) is 0 Å². The van der Waals surface area contributed by atoms with E-state index >= 15 is 0 Å². The summed E-state index contributed by atoms with van der Waals surface area (Å²) in [5.41, 5.74) is 0.652. The number of carboxylic acids is 1. The molecular weight excluding hydrogens is 499 g/mol. The normalized spacial score (nSPS) is 12.2. The molecule has 2 aromatic rings. The van der Waals surface area contributed by atoms with Gasteiger partial charge in [-0.25, -0.2) is 4.79 Å². The summed E-state index contributed by atoms with van der Waals surface area (Å²) < 4.78 is 8.68. The number of unbranched alkanes of at least 4 members (excludes halogenated alkanes) is 1. The zero-order valence-electron chi connectivity index (χ0n) is 20.1.